The van der Waals surface area contributed by atoms with Crippen molar-refractivity contribution in [2.24, 2.45) is 0 Å². The van der Waals surface area contributed by atoms with Gasteiger partial charge in [-0.25, -0.2) is 0 Å². The second kappa shape index (κ2) is 7.58. The summed E-state index contributed by atoms with van der Waals surface area (Å²) in [4.78, 5) is 37.9. The molecule has 0 aromatic heterocycles. The highest BCUT2D eigenvalue weighted by Crippen LogP contribution is 2.31. The van der Waals surface area contributed by atoms with Gasteiger partial charge in [-0.05, 0) is 6.07 Å². The molecule has 1 aliphatic heterocycles. The lowest BCUT2D eigenvalue weighted by molar-refractivity contribution is -0.114. The maximum atomic E-state index is 12.3. The van der Waals surface area contributed by atoms with Crippen LogP contribution >= 0.6 is 0 Å². The average molecular weight is 344 g/mol. The standard InChI is InChI=1S/C18H20N2O5/c1-12(21)19-14-4-2-3-13-16(11-15(22)18(23)17(13)14)25-10-7-20-5-8-24-9-6-20/h2-4,11H,5-10H2,1H3,(H,19,21). The van der Waals surface area contributed by atoms with Crippen LogP contribution in [0.2, 0.25) is 0 Å². The fourth-order valence-corrected chi connectivity index (χ4v) is 2.91. The van der Waals surface area contributed by atoms with Crippen molar-refractivity contribution in [2.45, 2.75) is 6.92 Å². The van der Waals surface area contributed by atoms with Gasteiger partial charge in [-0.15, -0.1) is 0 Å². The first-order chi connectivity index (χ1) is 12.1. The van der Waals surface area contributed by atoms with Crippen molar-refractivity contribution in [3.63, 3.8) is 0 Å². The molecule has 1 saturated heterocycles. The number of nitrogens with zero attached hydrogens (tertiary/aromatic N) is 1. The summed E-state index contributed by atoms with van der Waals surface area (Å²) in [5.74, 6) is -1.23. The number of ketones is 2. The van der Waals surface area contributed by atoms with E-state index in [1.54, 1.807) is 18.2 Å². The smallest absolute Gasteiger partial charge is 0.235 e. The van der Waals surface area contributed by atoms with Crippen LogP contribution in [-0.2, 0) is 19.1 Å². The minimum Gasteiger partial charge on any atom is -0.491 e. The molecule has 2 aliphatic rings. The van der Waals surface area contributed by atoms with Crippen LogP contribution in [0.3, 0.4) is 0 Å². The van der Waals surface area contributed by atoms with Gasteiger partial charge in [0, 0.05) is 38.2 Å². The molecule has 25 heavy (non-hydrogen) atoms. The quantitative estimate of drug-likeness (QED) is 0.805. The predicted octanol–water partition coefficient (Wildman–Crippen LogP) is 1.10. The molecule has 0 spiro atoms. The number of fused-ring (bicyclic) bond motifs is 1. The van der Waals surface area contributed by atoms with Crippen LogP contribution in [-0.4, -0.2) is 61.8 Å². The molecule has 1 aromatic rings. The number of morpholine rings is 1. The van der Waals surface area contributed by atoms with Gasteiger partial charge >= 0.3 is 0 Å². The number of hydrogen-bond donors (Lipinski definition) is 1. The molecule has 1 aromatic carbocycles. The lowest BCUT2D eigenvalue weighted by Gasteiger charge is -2.27. The Labute approximate surface area is 145 Å². The van der Waals surface area contributed by atoms with Crippen LogP contribution in [0.5, 0.6) is 0 Å². The van der Waals surface area contributed by atoms with Crippen molar-refractivity contribution >= 4 is 28.9 Å². The number of anilines is 1. The van der Waals surface area contributed by atoms with Gasteiger partial charge in [-0.1, -0.05) is 12.1 Å². The fourth-order valence-electron chi connectivity index (χ4n) is 2.91. The van der Waals surface area contributed by atoms with Crippen LogP contribution in [0.25, 0.3) is 5.76 Å². The Morgan fingerprint density at radius 3 is 2.76 bits per heavy atom. The zero-order valence-corrected chi connectivity index (χ0v) is 14.0. The number of nitrogens with one attached hydrogen (secondary N) is 1. The molecule has 0 unspecified atom stereocenters. The summed E-state index contributed by atoms with van der Waals surface area (Å²) in [6.45, 7) is 5.58. The normalized spacial score (nSPS) is 17.7. The summed E-state index contributed by atoms with van der Waals surface area (Å²) in [6, 6.07) is 5.03. The number of Topliss-reactive ketones (excluding diaryl/α,β-unsaturated/α-hetero) is 1. The molecule has 1 N–H and O–H groups in total. The summed E-state index contributed by atoms with van der Waals surface area (Å²) in [5.41, 5.74) is 1.04. The number of ether oxygens (including phenoxy) is 2. The molecule has 1 aliphatic carbocycles. The molecule has 7 nitrogen and oxygen atoms in total. The minimum absolute atomic E-state index is 0.187. The number of carbonyl (C=O) groups excluding carboxylic acids is 3. The van der Waals surface area contributed by atoms with E-state index in [2.05, 4.69) is 10.2 Å². The number of carbonyl (C=O) groups is 3. The first-order valence-electron chi connectivity index (χ1n) is 8.20. The molecule has 3 rings (SSSR count). The van der Waals surface area contributed by atoms with Gasteiger partial charge in [-0.3, -0.25) is 19.3 Å². The van der Waals surface area contributed by atoms with E-state index in [-0.39, 0.29) is 11.5 Å². The summed E-state index contributed by atoms with van der Waals surface area (Å²) >= 11 is 0. The van der Waals surface area contributed by atoms with E-state index in [9.17, 15) is 14.4 Å². The van der Waals surface area contributed by atoms with E-state index in [0.29, 0.717) is 43.4 Å². The molecule has 7 heteroatoms. The van der Waals surface area contributed by atoms with E-state index in [1.165, 1.54) is 13.0 Å². The van der Waals surface area contributed by atoms with Crippen LogP contribution in [0, 0.1) is 0 Å². The lowest BCUT2D eigenvalue weighted by atomic mass is 9.92. The van der Waals surface area contributed by atoms with Crippen molar-refractivity contribution in [1.29, 1.82) is 0 Å². The Kier molecular flexibility index (Phi) is 5.25. The zero-order chi connectivity index (χ0) is 17.8. The number of allylic oxidation sites excluding steroid dienone is 1. The van der Waals surface area contributed by atoms with Crippen LogP contribution in [0.1, 0.15) is 22.8 Å². The summed E-state index contributed by atoms with van der Waals surface area (Å²) in [5, 5.41) is 2.60. The number of hydrogen-bond acceptors (Lipinski definition) is 6. The van der Waals surface area contributed by atoms with Crippen molar-refractivity contribution in [1.82, 2.24) is 4.90 Å². The monoisotopic (exact) mass is 344 g/mol. The van der Waals surface area contributed by atoms with Gasteiger partial charge in [0.25, 0.3) is 0 Å². The zero-order valence-electron chi connectivity index (χ0n) is 14.0. The number of benzene rings is 1. The Morgan fingerprint density at radius 1 is 1.28 bits per heavy atom. The minimum atomic E-state index is -0.647. The first-order valence-corrected chi connectivity index (χ1v) is 8.20. The van der Waals surface area contributed by atoms with E-state index < -0.39 is 11.6 Å². The van der Waals surface area contributed by atoms with Crippen molar-refractivity contribution in [3.05, 3.63) is 35.4 Å². The van der Waals surface area contributed by atoms with E-state index in [4.69, 9.17) is 9.47 Å². The van der Waals surface area contributed by atoms with Crippen LogP contribution < -0.4 is 5.32 Å². The largest absolute Gasteiger partial charge is 0.491 e. The highest BCUT2D eigenvalue weighted by molar-refractivity contribution is 6.51. The Morgan fingerprint density at radius 2 is 2.04 bits per heavy atom. The third kappa shape index (κ3) is 3.94. The molecule has 1 heterocycles. The van der Waals surface area contributed by atoms with Gasteiger partial charge in [0.1, 0.15) is 12.4 Å². The fraction of sp³-hybridized carbons (Fsp3) is 0.389. The summed E-state index contributed by atoms with van der Waals surface area (Å²) in [6.07, 6.45) is 1.22. The second-order valence-electron chi connectivity index (χ2n) is 5.91. The predicted molar refractivity (Wildman–Crippen MR) is 91.3 cm³/mol. The first kappa shape index (κ1) is 17.3. The SMILES string of the molecule is CC(=O)Nc1cccc2c1C(=O)C(=O)C=C2OCCN1CCOCC1. The third-order valence-corrected chi connectivity index (χ3v) is 4.12. The molecule has 0 radical (unpaired) electrons. The van der Waals surface area contributed by atoms with Gasteiger partial charge in [0.15, 0.2) is 0 Å². The van der Waals surface area contributed by atoms with Gasteiger partial charge < -0.3 is 14.8 Å². The Balaban J connectivity index is 1.77. The number of amides is 1. The molecule has 0 saturated carbocycles. The average Bonchev–Trinajstić information content (AvgIpc) is 2.59. The Bertz CT molecular complexity index is 735. The Hall–Kier alpha value is -2.51. The maximum absolute atomic E-state index is 12.3. The van der Waals surface area contributed by atoms with E-state index >= 15 is 0 Å². The van der Waals surface area contributed by atoms with E-state index in [1.807, 2.05) is 0 Å². The highest BCUT2D eigenvalue weighted by atomic mass is 16.5. The summed E-state index contributed by atoms with van der Waals surface area (Å²) < 4.78 is 11.1. The summed E-state index contributed by atoms with van der Waals surface area (Å²) in [7, 11) is 0. The highest BCUT2D eigenvalue weighted by Gasteiger charge is 2.29. The van der Waals surface area contributed by atoms with Crippen molar-refractivity contribution in [2.75, 3.05) is 44.8 Å². The molecule has 132 valence electrons. The van der Waals surface area contributed by atoms with Crippen LogP contribution in [0.4, 0.5) is 5.69 Å². The van der Waals surface area contributed by atoms with Gasteiger partial charge in [0.2, 0.25) is 17.5 Å². The van der Waals surface area contributed by atoms with E-state index in [0.717, 1.165) is 13.1 Å². The molecular formula is C18H20N2O5. The molecular weight excluding hydrogens is 324 g/mol. The maximum Gasteiger partial charge on any atom is 0.235 e. The second-order valence-corrected chi connectivity index (χ2v) is 5.91. The molecule has 1 fully saturated rings. The van der Waals surface area contributed by atoms with Crippen molar-refractivity contribution < 1.29 is 23.9 Å². The van der Waals surface area contributed by atoms with Crippen molar-refractivity contribution in [3.8, 4) is 0 Å². The topological polar surface area (TPSA) is 84.9 Å². The third-order valence-electron chi connectivity index (χ3n) is 4.12. The lowest BCUT2D eigenvalue weighted by Crippen LogP contribution is -2.38. The van der Waals surface area contributed by atoms with Crippen LogP contribution in [0.15, 0.2) is 24.3 Å². The molecule has 1 amide bonds. The number of rotatable bonds is 5. The van der Waals surface area contributed by atoms with Gasteiger partial charge in [0.05, 0.1) is 24.5 Å². The molecule has 0 atom stereocenters. The van der Waals surface area contributed by atoms with Gasteiger partial charge in [-0.2, -0.15) is 0 Å². The molecule has 0 bridgehead atoms.